The molecular formula is C31H31N7O. The largest absolute Gasteiger partial charge is 0.392 e. The van der Waals surface area contributed by atoms with Crippen LogP contribution >= 0.6 is 0 Å². The maximum Gasteiger partial charge on any atom is 0.255 e. The smallest absolute Gasteiger partial charge is 0.255 e. The molecule has 0 bridgehead atoms. The van der Waals surface area contributed by atoms with E-state index in [2.05, 4.69) is 38.1 Å². The second kappa shape index (κ2) is 12.3. The molecule has 0 aliphatic rings. The highest BCUT2D eigenvalue weighted by Crippen LogP contribution is 2.23. The lowest BCUT2D eigenvalue weighted by Crippen LogP contribution is -2.12. The minimum absolute atomic E-state index is 0.207. The molecule has 2 aromatic carbocycles. The normalized spacial score (nSPS) is 11.1. The molecule has 5 N–H and O–H groups in total. The van der Waals surface area contributed by atoms with Gasteiger partial charge in [0.25, 0.3) is 5.91 Å². The highest BCUT2D eigenvalue weighted by Gasteiger charge is 2.10. The number of amides is 1. The van der Waals surface area contributed by atoms with Crippen molar-refractivity contribution in [3.63, 3.8) is 0 Å². The van der Waals surface area contributed by atoms with Gasteiger partial charge in [-0.3, -0.25) is 9.20 Å². The summed E-state index contributed by atoms with van der Waals surface area (Å²) in [5.41, 5.74) is 7.68. The number of carbonyl (C=O) groups excluding carboxylic acids is 1. The first-order chi connectivity index (χ1) is 19.0. The number of hydrogen-bond acceptors (Lipinski definition) is 6. The van der Waals surface area contributed by atoms with Gasteiger partial charge in [-0.1, -0.05) is 30.2 Å². The number of benzene rings is 2. The summed E-state index contributed by atoms with van der Waals surface area (Å²) in [7, 11) is 3.63. The standard InChI is InChI=1S/C31H31N7O/c1-5-7-22-11-13-25(17-29(22)34-4)37-31(39)24-10-9-21(2)23(16-24)12-14-27-20-35-30-28(8-6-15-38(27)30)36-26(18-32)19-33-3/h5-11,13,15-20,32-34,36H,1-4H3,(H,37,39)/b7-5-,26-19+,32-18?. The van der Waals surface area contributed by atoms with Gasteiger partial charge in [-0.25, -0.2) is 4.98 Å². The lowest BCUT2D eigenvalue weighted by molar-refractivity contribution is 0.102. The van der Waals surface area contributed by atoms with Crippen LogP contribution in [-0.4, -0.2) is 35.6 Å². The summed E-state index contributed by atoms with van der Waals surface area (Å²) in [4.78, 5) is 17.6. The average molecular weight is 518 g/mol. The first-order valence-electron chi connectivity index (χ1n) is 12.5. The van der Waals surface area contributed by atoms with Crippen LogP contribution in [0.5, 0.6) is 0 Å². The Morgan fingerprint density at radius 2 is 1.90 bits per heavy atom. The molecule has 0 fully saturated rings. The number of anilines is 3. The highest BCUT2D eigenvalue weighted by atomic mass is 16.1. The Balaban J connectivity index is 1.59. The van der Waals surface area contributed by atoms with E-state index in [0.29, 0.717) is 28.3 Å². The van der Waals surface area contributed by atoms with Gasteiger partial charge in [-0.05, 0) is 67.3 Å². The van der Waals surface area contributed by atoms with Crippen LogP contribution in [0.15, 0.2) is 78.9 Å². The molecule has 0 aliphatic carbocycles. The molecule has 4 rings (SSSR count). The van der Waals surface area contributed by atoms with Gasteiger partial charge in [-0.15, -0.1) is 0 Å². The number of carbonyl (C=O) groups is 1. The van der Waals surface area contributed by atoms with Crippen LogP contribution in [0.2, 0.25) is 0 Å². The topological polar surface area (TPSA) is 106 Å². The van der Waals surface area contributed by atoms with Crippen molar-refractivity contribution in [3.8, 4) is 11.8 Å². The molecule has 0 aliphatic heterocycles. The van der Waals surface area contributed by atoms with E-state index in [0.717, 1.165) is 28.1 Å². The lowest BCUT2D eigenvalue weighted by Gasteiger charge is -2.11. The quantitative estimate of drug-likeness (QED) is 0.157. The molecule has 0 atom stereocenters. The summed E-state index contributed by atoms with van der Waals surface area (Å²) in [6.07, 6.45) is 10.5. The fourth-order valence-electron chi connectivity index (χ4n) is 4.03. The van der Waals surface area contributed by atoms with Gasteiger partial charge >= 0.3 is 0 Å². The predicted octanol–water partition coefficient (Wildman–Crippen LogP) is 5.49. The van der Waals surface area contributed by atoms with Gasteiger partial charge < -0.3 is 26.7 Å². The maximum absolute atomic E-state index is 13.1. The van der Waals surface area contributed by atoms with Crippen molar-refractivity contribution in [2.45, 2.75) is 13.8 Å². The number of fused-ring (bicyclic) bond motifs is 1. The number of hydrogen-bond donors (Lipinski definition) is 5. The molecule has 8 nitrogen and oxygen atoms in total. The van der Waals surface area contributed by atoms with Gasteiger partial charge in [0.1, 0.15) is 5.69 Å². The zero-order valence-electron chi connectivity index (χ0n) is 22.4. The molecule has 39 heavy (non-hydrogen) atoms. The molecule has 0 unspecified atom stereocenters. The van der Waals surface area contributed by atoms with E-state index in [9.17, 15) is 4.79 Å². The molecular weight excluding hydrogens is 486 g/mol. The minimum atomic E-state index is -0.207. The Hall–Kier alpha value is -5.29. The van der Waals surface area contributed by atoms with Crippen LogP contribution in [-0.2, 0) is 0 Å². The third-order valence-corrected chi connectivity index (χ3v) is 6.02. The summed E-state index contributed by atoms with van der Waals surface area (Å²) < 4.78 is 1.89. The Bertz CT molecular complexity index is 1650. The lowest BCUT2D eigenvalue weighted by atomic mass is 10.0. The van der Waals surface area contributed by atoms with Crippen LogP contribution in [0.25, 0.3) is 11.7 Å². The number of aromatic nitrogens is 2. The third-order valence-electron chi connectivity index (χ3n) is 6.02. The summed E-state index contributed by atoms with van der Waals surface area (Å²) in [5.74, 6) is 6.20. The summed E-state index contributed by atoms with van der Waals surface area (Å²) >= 11 is 0. The van der Waals surface area contributed by atoms with Crippen molar-refractivity contribution in [1.82, 2.24) is 14.7 Å². The van der Waals surface area contributed by atoms with E-state index in [-0.39, 0.29) is 5.91 Å². The van der Waals surface area contributed by atoms with Gasteiger partial charge in [0.2, 0.25) is 0 Å². The minimum Gasteiger partial charge on any atom is -0.392 e. The van der Waals surface area contributed by atoms with Crippen molar-refractivity contribution in [3.05, 3.63) is 107 Å². The zero-order chi connectivity index (χ0) is 27.8. The first-order valence-corrected chi connectivity index (χ1v) is 12.5. The van der Waals surface area contributed by atoms with Crippen molar-refractivity contribution < 1.29 is 4.79 Å². The molecule has 0 spiro atoms. The number of nitrogens with one attached hydrogen (secondary N) is 5. The van der Waals surface area contributed by atoms with E-state index < -0.39 is 0 Å². The number of rotatable bonds is 8. The van der Waals surface area contributed by atoms with Crippen molar-refractivity contribution in [2.24, 2.45) is 0 Å². The molecule has 4 aromatic rings. The van der Waals surface area contributed by atoms with E-state index in [4.69, 9.17) is 5.41 Å². The van der Waals surface area contributed by atoms with Crippen molar-refractivity contribution in [1.29, 1.82) is 5.41 Å². The van der Waals surface area contributed by atoms with E-state index in [1.807, 2.05) is 80.0 Å². The van der Waals surface area contributed by atoms with E-state index in [1.165, 1.54) is 6.21 Å². The second-order valence-corrected chi connectivity index (χ2v) is 8.70. The number of imidazole rings is 1. The van der Waals surface area contributed by atoms with Crippen LogP contribution in [0.4, 0.5) is 17.1 Å². The first kappa shape index (κ1) is 26.8. The molecule has 0 saturated heterocycles. The van der Waals surface area contributed by atoms with Crippen LogP contribution < -0.4 is 21.3 Å². The van der Waals surface area contributed by atoms with Gasteiger partial charge in [0.05, 0.1) is 17.6 Å². The van der Waals surface area contributed by atoms with Gasteiger partial charge in [0, 0.05) is 55.2 Å². The number of aryl methyl sites for hydroxylation is 1. The number of pyridine rings is 1. The maximum atomic E-state index is 13.1. The molecule has 0 saturated carbocycles. The van der Waals surface area contributed by atoms with Crippen LogP contribution in [0, 0.1) is 24.2 Å². The molecule has 2 aromatic heterocycles. The number of allylic oxidation sites excluding steroid dienone is 2. The average Bonchev–Trinajstić information content (AvgIpc) is 3.37. The van der Waals surface area contributed by atoms with Crippen molar-refractivity contribution in [2.75, 3.05) is 30.0 Å². The Labute approximate surface area is 228 Å². The number of nitrogens with zero attached hydrogens (tertiary/aromatic N) is 2. The van der Waals surface area contributed by atoms with Crippen LogP contribution in [0.1, 0.15) is 39.7 Å². The van der Waals surface area contributed by atoms with Crippen molar-refractivity contribution >= 4 is 40.9 Å². The predicted molar refractivity (Wildman–Crippen MR) is 161 cm³/mol. The molecule has 8 heteroatoms. The van der Waals surface area contributed by atoms with Gasteiger partial charge in [-0.2, -0.15) is 0 Å². The fourth-order valence-corrected chi connectivity index (χ4v) is 4.03. The Kier molecular flexibility index (Phi) is 8.44. The van der Waals surface area contributed by atoms with E-state index >= 15 is 0 Å². The van der Waals surface area contributed by atoms with E-state index in [1.54, 1.807) is 31.6 Å². The second-order valence-electron chi connectivity index (χ2n) is 8.70. The monoisotopic (exact) mass is 517 g/mol. The molecule has 2 heterocycles. The molecule has 0 radical (unpaired) electrons. The Morgan fingerprint density at radius 1 is 1.05 bits per heavy atom. The summed E-state index contributed by atoms with van der Waals surface area (Å²) in [6, 6.07) is 15.1. The highest BCUT2D eigenvalue weighted by molar-refractivity contribution is 6.05. The molecule has 1 amide bonds. The fraction of sp³-hybridized carbons (Fsp3) is 0.129. The summed E-state index contributed by atoms with van der Waals surface area (Å²) in [5, 5.41) is 19.8. The Morgan fingerprint density at radius 3 is 2.64 bits per heavy atom. The summed E-state index contributed by atoms with van der Waals surface area (Å²) in [6.45, 7) is 3.93. The van der Waals surface area contributed by atoms with Crippen LogP contribution in [0.3, 0.4) is 0 Å². The SMILES string of the molecule is C/C=C\c1ccc(NC(=O)c2ccc(C)c(C#Cc3cnc4c(N/C(C=N)=C/NC)cccn34)c2)cc1NC. The zero-order valence-corrected chi connectivity index (χ0v) is 22.4. The molecule has 196 valence electrons. The van der Waals surface area contributed by atoms with Gasteiger partial charge in [0.15, 0.2) is 5.65 Å². The third kappa shape index (κ3) is 6.17.